The lowest BCUT2D eigenvalue weighted by Crippen LogP contribution is -2.13. The number of hydrogen-bond donors (Lipinski definition) is 1. The van der Waals surface area contributed by atoms with Crippen molar-refractivity contribution in [3.63, 3.8) is 0 Å². The Morgan fingerprint density at radius 3 is 2.41 bits per heavy atom. The Hall–Kier alpha value is -2.74. The lowest BCUT2D eigenvalue weighted by molar-refractivity contribution is -0.0472. The number of ether oxygens (including phenoxy) is 2. The summed E-state index contributed by atoms with van der Waals surface area (Å²) in [7, 11) is -3.68. The summed E-state index contributed by atoms with van der Waals surface area (Å²) in [6, 6.07) is 19.2. The molecule has 0 bridgehead atoms. The van der Waals surface area contributed by atoms with Gasteiger partial charge in [-0.2, -0.15) is 0 Å². The van der Waals surface area contributed by atoms with E-state index in [0.29, 0.717) is 24.6 Å². The van der Waals surface area contributed by atoms with Gasteiger partial charge < -0.3 is 9.47 Å². The van der Waals surface area contributed by atoms with Crippen LogP contribution in [-0.2, 0) is 19.5 Å². The molecule has 0 atom stereocenters. The summed E-state index contributed by atoms with van der Waals surface area (Å²) in [5, 5.41) is 0. The largest absolute Gasteiger partial charge is 0.345 e. The van der Waals surface area contributed by atoms with E-state index in [1.807, 2.05) is 24.3 Å². The maximum atomic E-state index is 12.7. The minimum atomic E-state index is -3.68. The summed E-state index contributed by atoms with van der Waals surface area (Å²) in [4.78, 5) is 4.52. The summed E-state index contributed by atoms with van der Waals surface area (Å²) in [6.07, 6.45) is 1.18. The van der Waals surface area contributed by atoms with Crippen molar-refractivity contribution in [3.05, 3.63) is 78.6 Å². The number of pyridine rings is 1. The van der Waals surface area contributed by atoms with E-state index in [4.69, 9.17) is 9.47 Å². The van der Waals surface area contributed by atoms with Gasteiger partial charge in [0.1, 0.15) is 0 Å². The second kappa shape index (κ2) is 7.48. The first-order valence-corrected chi connectivity index (χ1v) is 9.98. The molecule has 0 saturated carbocycles. The second-order valence-corrected chi connectivity index (χ2v) is 7.69. The van der Waals surface area contributed by atoms with Crippen molar-refractivity contribution in [3.8, 4) is 11.1 Å². The van der Waals surface area contributed by atoms with Gasteiger partial charge in [-0.3, -0.25) is 9.71 Å². The van der Waals surface area contributed by atoms with Gasteiger partial charge in [-0.25, -0.2) is 8.42 Å². The lowest BCUT2D eigenvalue weighted by Gasteiger charge is -2.14. The molecule has 0 spiro atoms. The van der Waals surface area contributed by atoms with E-state index in [2.05, 4.69) is 9.71 Å². The molecule has 138 valence electrons. The molecule has 27 heavy (non-hydrogen) atoms. The fourth-order valence-electron chi connectivity index (χ4n) is 2.90. The molecular weight excluding hydrogens is 364 g/mol. The number of nitrogens with zero attached hydrogens (tertiary/aromatic N) is 1. The quantitative estimate of drug-likeness (QED) is 0.730. The smallest absolute Gasteiger partial charge is 0.261 e. The van der Waals surface area contributed by atoms with Crippen molar-refractivity contribution >= 4 is 15.7 Å². The van der Waals surface area contributed by atoms with Gasteiger partial charge in [-0.05, 0) is 35.9 Å². The van der Waals surface area contributed by atoms with Gasteiger partial charge >= 0.3 is 0 Å². The zero-order valence-electron chi connectivity index (χ0n) is 14.4. The average Bonchev–Trinajstić information content (AvgIpc) is 3.24. The van der Waals surface area contributed by atoms with E-state index in [1.54, 1.807) is 48.7 Å². The molecule has 4 rings (SSSR count). The van der Waals surface area contributed by atoms with E-state index in [1.165, 1.54) is 0 Å². The van der Waals surface area contributed by atoms with Gasteiger partial charge in [0.2, 0.25) is 6.29 Å². The SMILES string of the molecule is O=S(=O)(Nc1ccccc1-c1ccnc(C2OCCO2)c1)c1ccccc1. The Morgan fingerprint density at radius 1 is 0.926 bits per heavy atom. The summed E-state index contributed by atoms with van der Waals surface area (Å²) in [6.45, 7) is 1.06. The van der Waals surface area contributed by atoms with Crippen LogP contribution in [0, 0.1) is 0 Å². The van der Waals surface area contributed by atoms with Crippen LogP contribution in [0.25, 0.3) is 11.1 Å². The van der Waals surface area contributed by atoms with E-state index >= 15 is 0 Å². The zero-order valence-corrected chi connectivity index (χ0v) is 15.2. The molecule has 7 heteroatoms. The molecule has 1 aliphatic rings. The normalized spacial score (nSPS) is 15.0. The molecule has 0 unspecified atom stereocenters. The van der Waals surface area contributed by atoms with Crippen LogP contribution in [0.4, 0.5) is 5.69 Å². The summed E-state index contributed by atoms with van der Waals surface area (Å²) < 4.78 is 39.1. The van der Waals surface area contributed by atoms with Crippen molar-refractivity contribution in [2.45, 2.75) is 11.2 Å². The van der Waals surface area contributed by atoms with Gasteiger partial charge in [-0.1, -0.05) is 36.4 Å². The average molecular weight is 382 g/mol. The predicted molar refractivity (Wildman–Crippen MR) is 102 cm³/mol. The molecule has 1 N–H and O–H groups in total. The van der Waals surface area contributed by atoms with Crippen LogP contribution < -0.4 is 4.72 Å². The van der Waals surface area contributed by atoms with Crippen LogP contribution in [0.5, 0.6) is 0 Å². The molecule has 1 aromatic heterocycles. The van der Waals surface area contributed by atoms with Crippen LogP contribution in [0.1, 0.15) is 12.0 Å². The summed E-state index contributed by atoms with van der Waals surface area (Å²) in [5.74, 6) is 0. The maximum Gasteiger partial charge on any atom is 0.261 e. The Kier molecular flexibility index (Phi) is 4.89. The highest BCUT2D eigenvalue weighted by atomic mass is 32.2. The van der Waals surface area contributed by atoms with Crippen molar-refractivity contribution in [1.29, 1.82) is 0 Å². The van der Waals surface area contributed by atoms with Crippen molar-refractivity contribution in [2.75, 3.05) is 17.9 Å². The molecule has 1 fully saturated rings. The Balaban J connectivity index is 1.69. The number of nitrogens with one attached hydrogen (secondary N) is 1. The first-order chi connectivity index (χ1) is 13.1. The third-order valence-corrected chi connectivity index (χ3v) is 5.56. The van der Waals surface area contributed by atoms with Crippen LogP contribution in [0.2, 0.25) is 0 Å². The molecule has 6 nitrogen and oxygen atoms in total. The number of aromatic nitrogens is 1. The summed E-state index contributed by atoms with van der Waals surface area (Å²) in [5.41, 5.74) is 2.72. The molecule has 2 aromatic carbocycles. The molecule has 3 aromatic rings. The van der Waals surface area contributed by atoms with Crippen molar-refractivity contribution < 1.29 is 17.9 Å². The third kappa shape index (κ3) is 3.85. The van der Waals surface area contributed by atoms with Crippen molar-refractivity contribution in [1.82, 2.24) is 4.98 Å². The predicted octanol–water partition coefficient (Wildman–Crippen LogP) is 3.59. The number of para-hydroxylation sites is 1. The number of anilines is 1. The molecule has 1 saturated heterocycles. The van der Waals surface area contributed by atoms with E-state index in [0.717, 1.165) is 11.1 Å². The van der Waals surface area contributed by atoms with E-state index < -0.39 is 16.3 Å². The highest BCUT2D eigenvalue weighted by Crippen LogP contribution is 2.32. The maximum absolute atomic E-state index is 12.7. The second-order valence-electron chi connectivity index (χ2n) is 6.01. The first kappa shape index (κ1) is 17.7. The topological polar surface area (TPSA) is 77.5 Å². The van der Waals surface area contributed by atoms with Crippen LogP contribution >= 0.6 is 0 Å². The van der Waals surface area contributed by atoms with E-state index in [9.17, 15) is 8.42 Å². The molecular formula is C20H18N2O4S. The highest BCUT2D eigenvalue weighted by Gasteiger charge is 2.21. The molecule has 0 amide bonds. The lowest BCUT2D eigenvalue weighted by atomic mass is 10.0. The number of sulfonamides is 1. The summed E-state index contributed by atoms with van der Waals surface area (Å²) >= 11 is 0. The minimum Gasteiger partial charge on any atom is -0.345 e. The Labute approximate surface area is 157 Å². The number of benzene rings is 2. The Morgan fingerprint density at radius 2 is 1.63 bits per heavy atom. The minimum absolute atomic E-state index is 0.211. The number of hydrogen-bond acceptors (Lipinski definition) is 5. The monoisotopic (exact) mass is 382 g/mol. The fourth-order valence-corrected chi connectivity index (χ4v) is 4.00. The standard InChI is InChI=1S/C20H18N2O4S/c23-27(24,16-6-2-1-3-7-16)22-18-9-5-4-8-17(18)15-10-11-21-19(14-15)20-25-12-13-26-20/h1-11,14,20,22H,12-13H2. The molecule has 1 aliphatic heterocycles. The van der Waals surface area contributed by atoms with Crippen molar-refractivity contribution in [2.24, 2.45) is 0 Å². The third-order valence-electron chi connectivity index (χ3n) is 4.18. The van der Waals surface area contributed by atoms with E-state index in [-0.39, 0.29) is 4.90 Å². The zero-order chi connectivity index (χ0) is 18.7. The number of rotatable bonds is 5. The van der Waals surface area contributed by atoms with Gasteiger partial charge in [0, 0.05) is 11.8 Å². The van der Waals surface area contributed by atoms with Gasteiger partial charge in [-0.15, -0.1) is 0 Å². The first-order valence-electron chi connectivity index (χ1n) is 8.50. The fraction of sp³-hybridized carbons (Fsp3) is 0.150. The molecule has 2 heterocycles. The van der Waals surface area contributed by atoms with Gasteiger partial charge in [0.15, 0.2) is 0 Å². The van der Waals surface area contributed by atoms with Gasteiger partial charge in [0.05, 0.1) is 29.5 Å². The Bertz CT molecular complexity index is 1030. The molecule has 0 aliphatic carbocycles. The van der Waals surface area contributed by atoms with Gasteiger partial charge in [0.25, 0.3) is 10.0 Å². The van der Waals surface area contributed by atoms with Crippen LogP contribution in [-0.4, -0.2) is 26.6 Å². The van der Waals surface area contributed by atoms with Crippen LogP contribution in [0.3, 0.4) is 0 Å². The highest BCUT2D eigenvalue weighted by molar-refractivity contribution is 7.92. The molecule has 0 radical (unpaired) electrons. The van der Waals surface area contributed by atoms with Crippen LogP contribution in [0.15, 0.2) is 77.8 Å².